The number of anilines is 1. The van der Waals surface area contributed by atoms with E-state index in [0.717, 1.165) is 5.06 Å². The van der Waals surface area contributed by atoms with E-state index < -0.39 is 33.9 Å². The summed E-state index contributed by atoms with van der Waals surface area (Å²) in [5, 5.41) is 11.7. The van der Waals surface area contributed by atoms with Crippen LogP contribution in [-0.2, 0) is 9.57 Å². The van der Waals surface area contributed by atoms with E-state index in [1.54, 1.807) is 20.8 Å². The molecule has 1 aliphatic rings. The van der Waals surface area contributed by atoms with Crippen LogP contribution in [0.1, 0.15) is 20.8 Å². The Morgan fingerprint density at radius 3 is 2.36 bits per heavy atom. The number of rotatable bonds is 2. The third-order valence-corrected chi connectivity index (χ3v) is 3.31. The minimum absolute atomic E-state index is 0.00485. The molecule has 0 saturated carbocycles. The second-order valence-electron chi connectivity index (χ2n) is 6.42. The lowest BCUT2D eigenvalue weighted by atomic mass is 10.2. The molecule has 1 saturated heterocycles. The first-order chi connectivity index (χ1) is 11.6. The quantitative estimate of drug-likeness (QED) is 0.596. The first-order valence-corrected chi connectivity index (χ1v) is 7.60. The number of carbonyl (C=O) groups excluding carboxylic acids is 1. The number of hydrogen-bond acceptors (Lipinski definition) is 6. The van der Waals surface area contributed by atoms with Crippen LogP contribution in [0.25, 0.3) is 0 Å². The predicted molar refractivity (Wildman–Crippen MR) is 84.1 cm³/mol. The van der Waals surface area contributed by atoms with Crippen molar-refractivity contribution >= 4 is 17.5 Å². The molecule has 10 heteroatoms. The highest BCUT2D eigenvalue weighted by molar-refractivity contribution is 5.67. The predicted octanol–water partition coefficient (Wildman–Crippen LogP) is 2.86. The molecule has 1 heterocycles. The zero-order valence-corrected chi connectivity index (χ0v) is 14.1. The molecular weight excluding hydrogens is 340 g/mol. The van der Waals surface area contributed by atoms with E-state index >= 15 is 0 Å². The largest absolute Gasteiger partial charge is 0.442 e. The van der Waals surface area contributed by atoms with Crippen molar-refractivity contribution in [1.82, 2.24) is 5.06 Å². The summed E-state index contributed by atoms with van der Waals surface area (Å²) in [6.07, 6.45) is -0.695. The van der Waals surface area contributed by atoms with Gasteiger partial charge in [0.25, 0.3) is 5.69 Å². The average molecular weight is 359 g/mol. The zero-order valence-electron chi connectivity index (χ0n) is 14.1. The van der Waals surface area contributed by atoms with Crippen LogP contribution in [-0.4, -0.2) is 47.9 Å². The zero-order chi connectivity index (χ0) is 18.8. The Hall–Kier alpha value is -2.49. The molecular formula is C15H19F2N3O5. The van der Waals surface area contributed by atoms with Gasteiger partial charge in [0, 0.05) is 13.1 Å². The summed E-state index contributed by atoms with van der Waals surface area (Å²) in [6, 6.07) is 1.32. The number of amides is 1. The van der Waals surface area contributed by atoms with Crippen molar-refractivity contribution in [2.75, 3.05) is 31.1 Å². The smallest absolute Gasteiger partial charge is 0.434 e. The molecule has 0 atom stereocenters. The van der Waals surface area contributed by atoms with Crippen LogP contribution in [0, 0.1) is 21.7 Å². The average Bonchev–Trinajstić information content (AvgIpc) is 2.70. The molecule has 1 amide bonds. The Bertz CT molecular complexity index is 655. The Morgan fingerprint density at radius 2 is 1.84 bits per heavy atom. The maximum atomic E-state index is 14.1. The molecule has 0 spiro atoms. The summed E-state index contributed by atoms with van der Waals surface area (Å²) in [5.74, 6) is -2.09. The second kappa shape index (κ2) is 7.18. The number of halogens is 2. The molecule has 0 N–H and O–H groups in total. The number of hydrogen-bond donors (Lipinski definition) is 0. The van der Waals surface area contributed by atoms with E-state index in [0.29, 0.717) is 12.1 Å². The molecule has 1 aromatic rings. The lowest BCUT2D eigenvalue weighted by Gasteiger charge is -2.25. The van der Waals surface area contributed by atoms with E-state index in [1.165, 1.54) is 4.90 Å². The first-order valence-electron chi connectivity index (χ1n) is 7.60. The summed E-state index contributed by atoms with van der Waals surface area (Å²) < 4.78 is 33.5. The highest BCUT2D eigenvalue weighted by Gasteiger charge is 2.28. The summed E-state index contributed by atoms with van der Waals surface area (Å²) in [4.78, 5) is 28.4. The van der Waals surface area contributed by atoms with Crippen molar-refractivity contribution < 1.29 is 28.1 Å². The van der Waals surface area contributed by atoms with Gasteiger partial charge in [-0.25, -0.2) is 13.6 Å². The lowest BCUT2D eigenvalue weighted by Crippen LogP contribution is -2.38. The minimum Gasteiger partial charge on any atom is -0.442 e. The molecule has 1 aliphatic heterocycles. The van der Waals surface area contributed by atoms with Crippen molar-refractivity contribution in [3.05, 3.63) is 33.9 Å². The molecule has 1 fully saturated rings. The first kappa shape index (κ1) is 18.8. The van der Waals surface area contributed by atoms with Crippen LogP contribution in [0.5, 0.6) is 0 Å². The number of nitrogens with zero attached hydrogens (tertiary/aromatic N) is 3. The highest BCUT2D eigenvalue weighted by atomic mass is 19.1. The van der Waals surface area contributed by atoms with Crippen LogP contribution in [0.15, 0.2) is 12.1 Å². The van der Waals surface area contributed by atoms with Gasteiger partial charge in [0.2, 0.25) is 0 Å². The van der Waals surface area contributed by atoms with Crippen molar-refractivity contribution in [2.24, 2.45) is 0 Å². The summed E-state index contributed by atoms with van der Waals surface area (Å²) in [6.45, 7) is 5.31. The van der Waals surface area contributed by atoms with Crippen molar-refractivity contribution in [1.29, 1.82) is 0 Å². The van der Waals surface area contributed by atoms with Gasteiger partial charge in [-0.2, -0.15) is 5.06 Å². The fourth-order valence-corrected chi connectivity index (χ4v) is 2.29. The molecule has 1 aromatic carbocycles. The minimum atomic E-state index is -1.04. The molecule has 0 bridgehead atoms. The molecule has 138 valence electrons. The molecule has 0 aromatic heterocycles. The second-order valence-corrected chi connectivity index (χ2v) is 6.42. The number of non-ortho nitro benzene ring substituents is 1. The van der Waals surface area contributed by atoms with Crippen LogP contribution in [0.3, 0.4) is 0 Å². The third kappa shape index (κ3) is 4.75. The van der Waals surface area contributed by atoms with Crippen molar-refractivity contribution in [3.63, 3.8) is 0 Å². The van der Waals surface area contributed by atoms with Gasteiger partial charge in [-0.3, -0.25) is 15.0 Å². The van der Waals surface area contributed by atoms with E-state index in [-0.39, 0.29) is 31.9 Å². The standard InChI is InChI=1S/C15H19F2N3O5/c1-15(2,3)25-14(21)19-5-4-18(6-7-24-19)13-11(16)8-10(20(22)23)9-12(13)17/h8-9H,4-7H2,1-3H3. The molecule has 25 heavy (non-hydrogen) atoms. The SMILES string of the molecule is CC(C)(C)OC(=O)N1CCN(c2c(F)cc([N+](=O)[O-])cc2F)CCO1. The van der Waals surface area contributed by atoms with Crippen LogP contribution < -0.4 is 4.90 Å². The maximum absolute atomic E-state index is 14.1. The van der Waals surface area contributed by atoms with Crippen LogP contribution in [0.2, 0.25) is 0 Å². The fourth-order valence-electron chi connectivity index (χ4n) is 2.29. The topological polar surface area (TPSA) is 85.2 Å². The van der Waals surface area contributed by atoms with E-state index in [1.807, 2.05) is 0 Å². The van der Waals surface area contributed by atoms with Gasteiger partial charge in [0.05, 0.1) is 30.2 Å². The fraction of sp³-hybridized carbons (Fsp3) is 0.533. The molecule has 0 aliphatic carbocycles. The van der Waals surface area contributed by atoms with Gasteiger partial charge >= 0.3 is 6.09 Å². The number of nitro groups is 1. The Morgan fingerprint density at radius 1 is 1.24 bits per heavy atom. The van der Waals surface area contributed by atoms with E-state index in [9.17, 15) is 23.7 Å². The summed E-state index contributed by atoms with van der Waals surface area (Å²) in [5.41, 5.74) is -1.76. The molecule has 0 radical (unpaired) electrons. The van der Waals surface area contributed by atoms with E-state index in [4.69, 9.17) is 9.57 Å². The number of carbonyl (C=O) groups is 1. The van der Waals surface area contributed by atoms with Gasteiger partial charge in [0.1, 0.15) is 11.3 Å². The van der Waals surface area contributed by atoms with Gasteiger partial charge < -0.3 is 9.64 Å². The van der Waals surface area contributed by atoms with Gasteiger partial charge in [0.15, 0.2) is 11.6 Å². The Balaban J connectivity index is 2.14. The molecule has 0 unspecified atom stereocenters. The van der Waals surface area contributed by atoms with Gasteiger partial charge in [-0.05, 0) is 20.8 Å². The van der Waals surface area contributed by atoms with Crippen molar-refractivity contribution in [3.8, 4) is 0 Å². The number of benzene rings is 1. The molecule has 2 rings (SSSR count). The monoisotopic (exact) mass is 359 g/mol. The Kier molecular flexibility index (Phi) is 5.41. The normalized spacial score (nSPS) is 15.7. The Labute approximate surface area is 143 Å². The van der Waals surface area contributed by atoms with Crippen LogP contribution >= 0.6 is 0 Å². The number of hydroxylamine groups is 2. The maximum Gasteiger partial charge on any atom is 0.434 e. The number of ether oxygens (including phenoxy) is 1. The van der Waals surface area contributed by atoms with Gasteiger partial charge in [-0.15, -0.1) is 0 Å². The summed E-state index contributed by atoms with van der Waals surface area (Å²) in [7, 11) is 0. The highest BCUT2D eigenvalue weighted by Crippen LogP contribution is 2.28. The van der Waals surface area contributed by atoms with E-state index in [2.05, 4.69) is 0 Å². The summed E-state index contributed by atoms with van der Waals surface area (Å²) >= 11 is 0. The number of nitro benzene ring substituents is 1. The van der Waals surface area contributed by atoms with Gasteiger partial charge in [-0.1, -0.05) is 0 Å². The third-order valence-electron chi connectivity index (χ3n) is 3.31. The van der Waals surface area contributed by atoms with Crippen LogP contribution in [0.4, 0.5) is 25.0 Å². The lowest BCUT2D eigenvalue weighted by molar-refractivity contribution is -0.385. The van der Waals surface area contributed by atoms with Crippen molar-refractivity contribution in [2.45, 2.75) is 26.4 Å². The molecule has 8 nitrogen and oxygen atoms in total.